The second-order valence-corrected chi connectivity index (χ2v) is 9.27. The van der Waals surface area contributed by atoms with Gasteiger partial charge in [-0.1, -0.05) is 42.5 Å². The highest BCUT2D eigenvalue weighted by molar-refractivity contribution is 7.92. The Hall–Kier alpha value is -3.65. The molecule has 172 valence electrons. The number of para-hydroxylation sites is 2. The Morgan fingerprint density at radius 2 is 1.45 bits per heavy atom. The smallest absolute Gasteiger partial charge is 0.338 e. The first-order valence-corrected chi connectivity index (χ1v) is 11.9. The monoisotopic (exact) mass is 466 g/mol. The SMILES string of the molecule is CCN(C(=O)[C@@H](C)OC(=O)c1cccc(S(=O)(=O)N(C)c2ccccc2)c1)c1ccccc1. The maximum absolute atomic E-state index is 13.0. The summed E-state index contributed by atoms with van der Waals surface area (Å²) < 4.78 is 32.6. The lowest BCUT2D eigenvalue weighted by molar-refractivity contribution is -0.126. The molecule has 3 aromatic rings. The molecule has 0 unspecified atom stereocenters. The summed E-state index contributed by atoms with van der Waals surface area (Å²) in [5, 5.41) is 0. The van der Waals surface area contributed by atoms with Gasteiger partial charge in [-0.3, -0.25) is 9.10 Å². The van der Waals surface area contributed by atoms with Crippen LogP contribution in [0.25, 0.3) is 0 Å². The van der Waals surface area contributed by atoms with Crippen LogP contribution < -0.4 is 9.21 Å². The minimum Gasteiger partial charge on any atom is -0.449 e. The molecule has 0 bridgehead atoms. The van der Waals surface area contributed by atoms with Crippen molar-refractivity contribution in [3.63, 3.8) is 0 Å². The Morgan fingerprint density at radius 3 is 2.03 bits per heavy atom. The van der Waals surface area contributed by atoms with Crippen LogP contribution in [0.15, 0.2) is 89.8 Å². The molecule has 0 spiro atoms. The average molecular weight is 467 g/mol. The van der Waals surface area contributed by atoms with Gasteiger partial charge in [0, 0.05) is 19.3 Å². The van der Waals surface area contributed by atoms with Crippen LogP contribution in [0.3, 0.4) is 0 Å². The number of benzene rings is 3. The number of hydrogen-bond donors (Lipinski definition) is 0. The summed E-state index contributed by atoms with van der Waals surface area (Å²) in [6.07, 6.45) is -1.05. The maximum Gasteiger partial charge on any atom is 0.338 e. The lowest BCUT2D eigenvalue weighted by Gasteiger charge is -2.24. The summed E-state index contributed by atoms with van der Waals surface area (Å²) in [5.74, 6) is -1.15. The molecule has 0 N–H and O–H groups in total. The van der Waals surface area contributed by atoms with Gasteiger partial charge in [0.15, 0.2) is 6.10 Å². The van der Waals surface area contributed by atoms with Gasteiger partial charge in [0.25, 0.3) is 15.9 Å². The van der Waals surface area contributed by atoms with Gasteiger partial charge >= 0.3 is 5.97 Å². The average Bonchev–Trinajstić information content (AvgIpc) is 2.85. The summed E-state index contributed by atoms with van der Waals surface area (Å²) in [7, 11) is -2.45. The molecule has 3 rings (SSSR count). The first kappa shape index (κ1) is 24.0. The molecule has 0 fully saturated rings. The van der Waals surface area contributed by atoms with Crippen molar-refractivity contribution >= 4 is 33.3 Å². The molecule has 0 heterocycles. The van der Waals surface area contributed by atoms with Crippen LogP contribution in [-0.4, -0.2) is 40.0 Å². The summed E-state index contributed by atoms with van der Waals surface area (Å²) in [6.45, 7) is 3.73. The van der Waals surface area contributed by atoms with Crippen molar-refractivity contribution in [1.29, 1.82) is 0 Å². The van der Waals surface area contributed by atoms with Crippen molar-refractivity contribution in [3.8, 4) is 0 Å². The Balaban J connectivity index is 1.77. The molecule has 0 saturated heterocycles. The van der Waals surface area contributed by atoms with Gasteiger partial charge in [-0.25, -0.2) is 13.2 Å². The van der Waals surface area contributed by atoms with Crippen molar-refractivity contribution in [1.82, 2.24) is 0 Å². The molecule has 0 aliphatic rings. The number of ether oxygens (including phenoxy) is 1. The fraction of sp³-hybridized carbons (Fsp3) is 0.200. The number of sulfonamides is 1. The van der Waals surface area contributed by atoms with E-state index in [0.29, 0.717) is 17.9 Å². The van der Waals surface area contributed by atoms with E-state index in [1.54, 1.807) is 42.5 Å². The maximum atomic E-state index is 13.0. The van der Waals surface area contributed by atoms with E-state index < -0.39 is 22.1 Å². The molecule has 0 aliphatic carbocycles. The van der Waals surface area contributed by atoms with Crippen LogP contribution in [-0.2, 0) is 19.6 Å². The fourth-order valence-corrected chi connectivity index (χ4v) is 4.53. The lowest BCUT2D eigenvalue weighted by atomic mass is 10.2. The third-order valence-electron chi connectivity index (χ3n) is 5.13. The van der Waals surface area contributed by atoms with E-state index in [2.05, 4.69) is 0 Å². The van der Waals surface area contributed by atoms with Gasteiger partial charge in [-0.15, -0.1) is 0 Å². The molecule has 33 heavy (non-hydrogen) atoms. The molecule has 7 nitrogen and oxygen atoms in total. The van der Waals surface area contributed by atoms with E-state index in [1.165, 1.54) is 43.1 Å². The summed E-state index contributed by atoms with van der Waals surface area (Å²) in [4.78, 5) is 27.1. The van der Waals surface area contributed by atoms with Crippen LogP contribution in [0, 0.1) is 0 Å². The molecule has 0 saturated carbocycles. The number of esters is 1. The van der Waals surface area contributed by atoms with E-state index >= 15 is 0 Å². The molecule has 0 radical (unpaired) electrons. The first-order chi connectivity index (χ1) is 15.8. The van der Waals surface area contributed by atoms with Gasteiger partial charge in [0.1, 0.15) is 0 Å². The number of carbonyl (C=O) groups excluding carboxylic acids is 2. The molecule has 0 aromatic heterocycles. The van der Waals surface area contributed by atoms with Crippen LogP contribution in [0.4, 0.5) is 11.4 Å². The van der Waals surface area contributed by atoms with Crippen molar-refractivity contribution < 1.29 is 22.7 Å². The van der Waals surface area contributed by atoms with E-state index in [4.69, 9.17) is 4.74 Å². The number of rotatable bonds is 8. The minimum absolute atomic E-state index is 0.0416. The Labute approximate surface area is 194 Å². The van der Waals surface area contributed by atoms with Gasteiger partial charge in [0.05, 0.1) is 16.1 Å². The number of likely N-dealkylation sites (N-methyl/N-ethyl adjacent to an activating group) is 1. The second kappa shape index (κ2) is 10.3. The molecular formula is C25H26N2O5S. The molecule has 0 aliphatic heterocycles. The molecule has 8 heteroatoms. The number of carbonyl (C=O) groups is 2. The van der Waals surface area contributed by atoms with Gasteiger partial charge in [0.2, 0.25) is 0 Å². The van der Waals surface area contributed by atoms with E-state index in [1.807, 2.05) is 25.1 Å². The third-order valence-corrected chi connectivity index (χ3v) is 6.91. The van der Waals surface area contributed by atoms with Crippen molar-refractivity contribution in [2.24, 2.45) is 0 Å². The third kappa shape index (κ3) is 5.40. The van der Waals surface area contributed by atoms with Crippen LogP contribution in [0.5, 0.6) is 0 Å². The summed E-state index contributed by atoms with van der Waals surface area (Å²) >= 11 is 0. The molecule has 1 atom stereocenters. The first-order valence-electron chi connectivity index (χ1n) is 10.5. The normalized spacial score (nSPS) is 12.0. The highest BCUT2D eigenvalue weighted by Gasteiger charge is 2.26. The lowest BCUT2D eigenvalue weighted by Crippen LogP contribution is -2.40. The van der Waals surface area contributed by atoms with E-state index in [0.717, 1.165) is 4.31 Å². The van der Waals surface area contributed by atoms with Crippen molar-refractivity contribution in [2.45, 2.75) is 24.8 Å². The Bertz CT molecular complexity index is 1210. The standard InChI is InChI=1S/C25H26N2O5S/c1-4-27(22-15-9-6-10-16-22)24(28)19(2)32-25(29)20-12-11-17-23(18-20)33(30,31)26(3)21-13-7-5-8-14-21/h5-19H,4H2,1-3H3/t19-/m1/s1. The van der Waals surface area contributed by atoms with Crippen molar-refractivity contribution in [3.05, 3.63) is 90.5 Å². The zero-order valence-electron chi connectivity index (χ0n) is 18.7. The second-order valence-electron chi connectivity index (χ2n) is 7.30. The number of nitrogens with zero attached hydrogens (tertiary/aromatic N) is 2. The number of hydrogen-bond acceptors (Lipinski definition) is 5. The van der Waals surface area contributed by atoms with E-state index in [-0.39, 0.29) is 16.4 Å². The highest BCUT2D eigenvalue weighted by atomic mass is 32.2. The number of amides is 1. The van der Waals surface area contributed by atoms with Crippen LogP contribution in [0.2, 0.25) is 0 Å². The predicted molar refractivity (Wildman–Crippen MR) is 128 cm³/mol. The summed E-state index contributed by atoms with van der Waals surface area (Å²) in [5.41, 5.74) is 1.23. The van der Waals surface area contributed by atoms with Crippen LogP contribution in [0.1, 0.15) is 24.2 Å². The molecule has 1 amide bonds. The largest absolute Gasteiger partial charge is 0.449 e. The van der Waals surface area contributed by atoms with Crippen LogP contribution >= 0.6 is 0 Å². The number of anilines is 2. The zero-order chi connectivity index (χ0) is 24.0. The fourth-order valence-electron chi connectivity index (χ4n) is 3.29. The Kier molecular flexibility index (Phi) is 7.50. The predicted octanol–water partition coefficient (Wildman–Crippen LogP) is 4.11. The van der Waals surface area contributed by atoms with Gasteiger partial charge < -0.3 is 9.64 Å². The summed E-state index contributed by atoms with van der Waals surface area (Å²) in [6, 6.07) is 23.3. The van der Waals surface area contributed by atoms with E-state index in [9.17, 15) is 18.0 Å². The van der Waals surface area contributed by atoms with Crippen molar-refractivity contribution in [2.75, 3.05) is 22.8 Å². The zero-order valence-corrected chi connectivity index (χ0v) is 19.5. The quantitative estimate of drug-likeness (QED) is 0.467. The van der Waals surface area contributed by atoms with Gasteiger partial charge in [-0.2, -0.15) is 0 Å². The topological polar surface area (TPSA) is 84.0 Å². The Morgan fingerprint density at radius 1 is 0.879 bits per heavy atom. The minimum atomic E-state index is -3.90. The molecule has 3 aromatic carbocycles. The highest BCUT2D eigenvalue weighted by Crippen LogP contribution is 2.23. The van der Waals surface area contributed by atoms with Gasteiger partial charge in [-0.05, 0) is 56.3 Å². The molecular weight excluding hydrogens is 440 g/mol.